The Balaban J connectivity index is 1.80. The number of hydrogen-bond donors (Lipinski definition) is 0. The van der Waals surface area contributed by atoms with Gasteiger partial charge in [0.25, 0.3) is 5.56 Å². The lowest BCUT2D eigenvalue weighted by molar-refractivity contribution is 0.393. The lowest BCUT2D eigenvalue weighted by Gasteiger charge is -2.06. The van der Waals surface area contributed by atoms with Crippen molar-refractivity contribution in [2.24, 2.45) is 0 Å². The average Bonchev–Trinajstić information content (AvgIpc) is 3.22. The Bertz CT molecular complexity index is 1250. The predicted octanol–water partition coefficient (Wildman–Crippen LogP) is 3.04. The number of hydrogen-bond acceptors (Lipinski definition) is 6. The summed E-state index contributed by atoms with van der Waals surface area (Å²) in [6, 6.07) is 12.6. The standard InChI is InChI=1S/C19H14ClN3O3S/c1-25-14-7-6-11(15(10-14)26-2)9-16-18(24)23-19(27-16)21-17(22-23)12-4-3-5-13(20)8-12/h3-10H,1-2H3. The molecule has 0 unspecified atom stereocenters. The molecule has 6 nitrogen and oxygen atoms in total. The molecule has 0 spiro atoms. The fourth-order valence-corrected chi connectivity index (χ4v) is 3.75. The van der Waals surface area contributed by atoms with Crippen molar-refractivity contribution in [1.82, 2.24) is 14.6 Å². The van der Waals surface area contributed by atoms with Crippen molar-refractivity contribution in [1.29, 1.82) is 0 Å². The van der Waals surface area contributed by atoms with Gasteiger partial charge in [0.2, 0.25) is 4.96 Å². The molecule has 0 aliphatic carbocycles. The van der Waals surface area contributed by atoms with E-state index in [1.165, 1.54) is 15.9 Å². The zero-order valence-electron chi connectivity index (χ0n) is 14.5. The Morgan fingerprint density at radius 1 is 1.15 bits per heavy atom. The molecule has 0 radical (unpaired) electrons. The molecule has 0 saturated heterocycles. The molecular weight excluding hydrogens is 386 g/mol. The maximum Gasteiger partial charge on any atom is 0.291 e. The van der Waals surface area contributed by atoms with Crippen molar-refractivity contribution >= 4 is 34.0 Å². The van der Waals surface area contributed by atoms with E-state index in [1.807, 2.05) is 24.3 Å². The molecular formula is C19H14ClN3O3S. The SMILES string of the molecule is COc1ccc(C=c2sc3nc(-c4cccc(Cl)c4)nn3c2=O)c(OC)c1. The zero-order valence-corrected chi connectivity index (χ0v) is 16.0. The van der Waals surface area contributed by atoms with Crippen LogP contribution in [0, 0.1) is 0 Å². The smallest absolute Gasteiger partial charge is 0.291 e. The molecule has 8 heteroatoms. The van der Waals surface area contributed by atoms with Crippen LogP contribution in [0.1, 0.15) is 5.56 Å². The van der Waals surface area contributed by atoms with Gasteiger partial charge in [0.15, 0.2) is 5.82 Å². The van der Waals surface area contributed by atoms with Gasteiger partial charge in [-0.1, -0.05) is 35.1 Å². The molecule has 0 aliphatic rings. The van der Waals surface area contributed by atoms with Crippen molar-refractivity contribution in [2.75, 3.05) is 14.2 Å². The molecule has 0 bridgehead atoms. The average molecular weight is 400 g/mol. The third kappa shape index (κ3) is 3.27. The first-order valence-electron chi connectivity index (χ1n) is 7.98. The van der Waals surface area contributed by atoms with E-state index < -0.39 is 0 Å². The van der Waals surface area contributed by atoms with Crippen molar-refractivity contribution in [3.05, 3.63) is 67.9 Å². The second-order valence-corrected chi connectivity index (χ2v) is 7.11. The number of benzene rings is 2. The van der Waals surface area contributed by atoms with Gasteiger partial charge in [0, 0.05) is 22.2 Å². The fraction of sp³-hybridized carbons (Fsp3) is 0.105. The van der Waals surface area contributed by atoms with Crippen molar-refractivity contribution < 1.29 is 9.47 Å². The second kappa shape index (κ2) is 7.02. The highest BCUT2D eigenvalue weighted by Crippen LogP contribution is 2.25. The van der Waals surface area contributed by atoms with Crippen LogP contribution >= 0.6 is 22.9 Å². The monoisotopic (exact) mass is 399 g/mol. The van der Waals surface area contributed by atoms with Crippen LogP contribution < -0.4 is 19.6 Å². The summed E-state index contributed by atoms with van der Waals surface area (Å²) in [5, 5.41) is 4.92. The van der Waals surface area contributed by atoms with Crippen LogP contribution in [-0.2, 0) is 0 Å². The Hall–Kier alpha value is -2.90. The topological polar surface area (TPSA) is 65.7 Å². The highest BCUT2D eigenvalue weighted by molar-refractivity contribution is 7.15. The van der Waals surface area contributed by atoms with E-state index in [4.69, 9.17) is 21.1 Å². The largest absolute Gasteiger partial charge is 0.497 e. The molecule has 0 N–H and O–H groups in total. The van der Waals surface area contributed by atoms with Gasteiger partial charge in [0.1, 0.15) is 11.5 Å². The maximum absolute atomic E-state index is 12.7. The summed E-state index contributed by atoms with van der Waals surface area (Å²) in [6.45, 7) is 0. The van der Waals surface area contributed by atoms with E-state index >= 15 is 0 Å². The molecule has 2 aromatic carbocycles. The fourth-order valence-electron chi connectivity index (χ4n) is 2.66. The Morgan fingerprint density at radius 3 is 2.70 bits per heavy atom. The summed E-state index contributed by atoms with van der Waals surface area (Å²) < 4.78 is 12.4. The van der Waals surface area contributed by atoms with Gasteiger partial charge in [-0.15, -0.1) is 5.10 Å². The van der Waals surface area contributed by atoms with Crippen LogP contribution in [0.5, 0.6) is 11.5 Å². The molecule has 4 rings (SSSR count). The van der Waals surface area contributed by atoms with Crippen LogP contribution in [0.2, 0.25) is 5.02 Å². The van der Waals surface area contributed by atoms with Crippen LogP contribution in [0.4, 0.5) is 0 Å². The summed E-state index contributed by atoms with van der Waals surface area (Å²) in [5.41, 5.74) is 1.31. The molecule has 2 aromatic heterocycles. The predicted molar refractivity (Wildman–Crippen MR) is 106 cm³/mol. The molecule has 0 fully saturated rings. The first kappa shape index (κ1) is 17.5. The number of nitrogens with zero attached hydrogens (tertiary/aromatic N) is 3. The molecule has 0 saturated carbocycles. The highest BCUT2D eigenvalue weighted by Gasteiger charge is 2.13. The minimum atomic E-state index is -0.228. The number of methoxy groups -OCH3 is 2. The van der Waals surface area contributed by atoms with E-state index in [9.17, 15) is 4.79 Å². The van der Waals surface area contributed by atoms with Gasteiger partial charge in [-0.05, 0) is 30.3 Å². The second-order valence-electron chi connectivity index (χ2n) is 5.66. The molecule has 0 amide bonds. The Labute approximate surface area is 163 Å². The highest BCUT2D eigenvalue weighted by atomic mass is 35.5. The van der Waals surface area contributed by atoms with Crippen molar-refractivity contribution in [3.8, 4) is 22.9 Å². The van der Waals surface area contributed by atoms with Crippen LogP contribution in [0.3, 0.4) is 0 Å². The minimum Gasteiger partial charge on any atom is -0.497 e. The first-order valence-corrected chi connectivity index (χ1v) is 9.18. The summed E-state index contributed by atoms with van der Waals surface area (Å²) >= 11 is 7.29. The summed E-state index contributed by atoms with van der Waals surface area (Å²) in [6.07, 6.45) is 1.76. The van der Waals surface area contributed by atoms with Crippen LogP contribution in [0.15, 0.2) is 47.3 Å². The number of rotatable bonds is 4. The Morgan fingerprint density at radius 2 is 2.00 bits per heavy atom. The van der Waals surface area contributed by atoms with Gasteiger partial charge in [-0.3, -0.25) is 4.79 Å². The number of ether oxygens (including phenoxy) is 2. The van der Waals surface area contributed by atoms with E-state index in [0.29, 0.717) is 31.8 Å². The van der Waals surface area contributed by atoms with Crippen molar-refractivity contribution in [2.45, 2.75) is 0 Å². The van der Waals surface area contributed by atoms with E-state index in [1.54, 1.807) is 38.5 Å². The van der Waals surface area contributed by atoms with Gasteiger partial charge < -0.3 is 9.47 Å². The third-order valence-corrected chi connectivity index (χ3v) is 5.19. The molecule has 4 aromatic rings. The van der Waals surface area contributed by atoms with Crippen molar-refractivity contribution in [3.63, 3.8) is 0 Å². The van der Waals surface area contributed by atoms with E-state index in [0.717, 1.165) is 11.1 Å². The summed E-state index contributed by atoms with van der Waals surface area (Å²) in [4.78, 5) is 17.7. The molecule has 0 atom stereocenters. The summed E-state index contributed by atoms with van der Waals surface area (Å²) in [5.74, 6) is 1.77. The lowest BCUT2D eigenvalue weighted by Crippen LogP contribution is -2.23. The molecule has 2 heterocycles. The van der Waals surface area contributed by atoms with Gasteiger partial charge in [0.05, 0.1) is 18.8 Å². The van der Waals surface area contributed by atoms with Gasteiger partial charge in [-0.2, -0.15) is 9.50 Å². The van der Waals surface area contributed by atoms with E-state index in [2.05, 4.69) is 10.1 Å². The molecule has 27 heavy (non-hydrogen) atoms. The maximum atomic E-state index is 12.7. The minimum absolute atomic E-state index is 0.228. The van der Waals surface area contributed by atoms with Crippen LogP contribution in [-0.4, -0.2) is 28.8 Å². The first-order chi connectivity index (χ1) is 13.1. The molecule has 136 valence electrons. The third-order valence-electron chi connectivity index (χ3n) is 3.99. The molecule has 0 aliphatic heterocycles. The number of aromatic nitrogens is 3. The van der Waals surface area contributed by atoms with Gasteiger partial charge >= 0.3 is 0 Å². The quantitative estimate of drug-likeness (QED) is 0.527. The number of fused-ring (bicyclic) bond motifs is 1. The zero-order chi connectivity index (χ0) is 19.0. The summed E-state index contributed by atoms with van der Waals surface area (Å²) in [7, 11) is 3.16. The normalized spacial score (nSPS) is 11.9. The van der Waals surface area contributed by atoms with Gasteiger partial charge in [-0.25, -0.2) is 0 Å². The van der Waals surface area contributed by atoms with Crippen LogP contribution in [0.25, 0.3) is 22.4 Å². The number of thiazole rings is 1. The van der Waals surface area contributed by atoms with E-state index in [-0.39, 0.29) is 5.56 Å². The number of halogens is 1. The lowest BCUT2D eigenvalue weighted by atomic mass is 10.2. The Kier molecular flexibility index (Phi) is 4.55.